The number of nitrogens with one attached hydrogen (secondary N) is 4. The van der Waals surface area contributed by atoms with Gasteiger partial charge in [0.2, 0.25) is 35.4 Å². The largest absolute Gasteiger partial charge is 0.391 e. The molecule has 1 fully saturated rings. The molecule has 9 rings (SSSR count). The van der Waals surface area contributed by atoms with E-state index in [9.17, 15) is 33.9 Å². The normalized spacial score (nSPS) is 21.8. The van der Waals surface area contributed by atoms with Crippen molar-refractivity contribution in [3.8, 4) is 16.1 Å². The molecule has 0 radical (unpaired) electrons. The van der Waals surface area contributed by atoms with Crippen molar-refractivity contribution in [3.63, 3.8) is 0 Å². The zero-order valence-corrected chi connectivity index (χ0v) is 46.6. The number of aromatic nitrogens is 6. The van der Waals surface area contributed by atoms with Gasteiger partial charge in [-0.2, -0.15) is 0 Å². The lowest BCUT2D eigenvalue weighted by atomic mass is 9.85. The number of halogens is 1. The van der Waals surface area contributed by atoms with Crippen LogP contribution in [-0.2, 0) is 46.5 Å². The number of aliphatic imine (C=N–C) groups is 1. The Balaban J connectivity index is 0.977. The van der Waals surface area contributed by atoms with Gasteiger partial charge in [-0.25, -0.2) is 4.68 Å². The van der Waals surface area contributed by atoms with Gasteiger partial charge in [0.25, 0.3) is 0 Å². The van der Waals surface area contributed by atoms with Crippen LogP contribution in [0.5, 0.6) is 0 Å². The molecule has 1 saturated heterocycles. The summed E-state index contributed by atoms with van der Waals surface area (Å²) >= 11 is 7.89. The first-order chi connectivity index (χ1) is 37.7. The van der Waals surface area contributed by atoms with E-state index in [-0.39, 0.29) is 52.1 Å². The van der Waals surface area contributed by atoms with Gasteiger partial charge in [-0.15, -0.1) is 26.6 Å². The van der Waals surface area contributed by atoms with Gasteiger partial charge < -0.3 is 40.9 Å². The maximum absolute atomic E-state index is 14.6. The van der Waals surface area contributed by atoms with E-state index in [1.807, 2.05) is 113 Å². The molecule has 0 saturated carbocycles. The Kier molecular flexibility index (Phi) is 16.9. The Bertz CT molecular complexity index is 3280. The van der Waals surface area contributed by atoms with Crippen LogP contribution >= 0.6 is 22.9 Å². The number of amides is 6. The van der Waals surface area contributed by atoms with Crippen molar-refractivity contribution in [1.29, 1.82) is 0 Å². The number of thiophene rings is 1. The number of fused-ring (bicyclic) bond motifs is 6. The summed E-state index contributed by atoms with van der Waals surface area (Å²) in [5, 5.41) is 40.9. The second-order valence-corrected chi connectivity index (χ2v) is 22.9. The highest BCUT2D eigenvalue weighted by atomic mass is 35.5. The summed E-state index contributed by atoms with van der Waals surface area (Å²) in [6, 6.07) is 19.0. The van der Waals surface area contributed by atoms with Gasteiger partial charge in [-0.3, -0.25) is 38.3 Å². The summed E-state index contributed by atoms with van der Waals surface area (Å²) in [5.41, 5.74) is 5.59. The van der Waals surface area contributed by atoms with Gasteiger partial charge in [-0.1, -0.05) is 104 Å². The Morgan fingerprint density at radius 3 is 2.30 bits per heavy atom. The van der Waals surface area contributed by atoms with Crippen LogP contribution in [0.3, 0.4) is 0 Å². The highest BCUT2D eigenvalue weighted by Gasteiger charge is 2.46. The van der Waals surface area contributed by atoms with E-state index in [0.717, 1.165) is 37.7 Å². The van der Waals surface area contributed by atoms with Gasteiger partial charge in [0.15, 0.2) is 5.82 Å². The van der Waals surface area contributed by atoms with E-state index in [4.69, 9.17) is 21.3 Å². The molecule has 6 atom stereocenters. The summed E-state index contributed by atoms with van der Waals surface area (Å²) in [5.74, 6) is -2.66. The smallest absolute Gasteiger partial charge is 0.248 e. The summed E-state index contributed by atoms with van der Waals surface area (Å²) in [7, 11) is 1.53. The number of hydrogen-bond donors (Lipinski definition) is 5. The predicted octanol–water partition coefficient (Wildman–Crippen LogP) is 4.13. The average molecular weight is 1110 g/mol. The number of aryl methyl sites for hydroxylation is 2. The summed E-state index contributed by atoms with van der Waals surface area (Å²) < 4.78 is 9.28. The van der Waals surface area contributed by atoms with Gasteiger partial charge >= 0.3 is 0 Å². The molecule has 0 aliphatic carbocycles. The SMILES string of the molecule is Cc1sc2c(c1C)C(c1ccc(Cl)cc1)=N[C@@H](CC(=O)NC[C@H]1NC(=O)CNC(=O)[C@@H](Cc3ccc(-c4ccccc4)cc3)NC(=O)[C@@H]3C[C@@H](O)CN3C(=O)C(C(C)(C)C)n3cc(nn3)COCCN(C)C1=O)c1nnc(C)n1-2. The first-order valence-corrected chi connectivity index (χ1v) is 27.3. The van der Waals surface area contributed by atoms with Crippen LogP contribution in [0.4, 0.5) is 0 Å². The molecule has 3 aliphatic heterocycles. The van der Waals surface area contributed by atoms with Crippen LogP contribution in [0, 0.1) is 26.2 Å². The molecule has 0 spiro atoms. The fraction of sp³-hybridized carbons (Fsp3) is 0.411. The molecule has 3 aliphatic rings. The molecule has 3 aromatic carbocycles. The molecule has 79 heavy (non-hydrogen) atoms. The zero-order valence-electron chi connectivity index (χ0n) is 45.0. The van der Waals surface area contributed by atoms with Gasteiger partial charge in [0.1, 0.15) is 46.7 Å². The first kappa shape index (κ1) is 56.1. The fourth-order valence-electron chi connectivity index (χ4n) is 10.1. The minimum atomic E-state index is -1.33. The van der Waals surface area contributed by atoms with Gasteiger partial charge in [0.05, 0.1) is 44.2 Å². The quantitative estimate of drug-likeness (QED) is 0.144. The third-order valence-electron chi connectivity index (χ3n) is 14.4. The van der Waals surface area contributed by atoms with Gasteiger partial charge in [0, 0.05) is 60.6 Å². The van der Waals surface area contributed by atoms with Crippen molar-refractivity contribution in [2.75, 3.05) is 39.8 Å². The van der Waals surface area contributed by atoms with E-state index in [0.29, 0.717) is 33.6 Å². The molecule has 6 heterocycles. The molecule has 6 aromatic rings. The van der Waals surface area contributed by atoms with Crippen LogP contribution in [-0.4, -0.2) is 150 Å². The van der Waals surface area contributed by atoms with E-state index in [2.05, 4.69) is 41.8 Å². The monoisotopic (exact) mass is 1110 g/mol. The maximum atomic E-state index is 14.6. The molecular formula is C56H64ClN13O8S. The number of likely N-dealkylation sites (N-methyl/N-ethyl adjacent to an activating group) is 1. The lowest BCUT2D eigenvalue weighted by Crippen LogP contribution is -2.57. The molecule has 3 aromatic heterocycles. The Morgan fingerprint density at radius 2 is 1.58 bits per heavy atom. The van der Waals surface area contributed by atoms with E-state index < -0.39 is 83.7 Å². The summed E-state index contributed by atoms with van der Waals surface area (Å²) in [6.45, 7) is 10.4. The van der Waals surface area contributed by atoms with E-state index in [1.54, 1.807) is 29.7 Å². The number of nitrogens with zero attached hydrogens (tertiary/aromatic N) is 9. The van der Waals surface area contributed by atoms with Crippen molar-refractivity contribution in [2.45, 2.75) is 104 Å². The van der Waals surface area contributed by atoms with Crippen LogP contribution in [0.25, 0.3) is 16.1 Å². The third-order valence-corrected chi connectivity index (χ3v) is 15.8. The number of aliphatic hydroxyl groups is 1. The summed E-state index contributed by atoms with van der Waals surface area (Å²) in [6.07, 6.45) is 0.231. The van der Waals surface area contributed by atoms with Gasteiger partial charge in [-0.05, 0) is 60.6 Å². The number of ether oxygens (including phenoxy) is 1. The Hall–Kier alpha value is -7.66. The number of rotatable bonds is 8. The molecule has 414 valence electrons. The van der Waals surface area contributed by atoms with Crippen molar-refractivity contribution in [2.24, 2.45) is 10.4 Å². The number of aliphatic hydroxyl groups excluding tert-OH is 1. The molecule has 21 nitrogen and oxygen atoms in total. The van der Waals surface area contributed by atoms with E-state index >= 15 is 0 Å². The number of benzene rings is 3. The van der Waals surface area contributed by atoms with E-state index in [1.165, 1.54) is 21.5 Å². The van der Waals surface area contributed by atoms with Crippen molar-refractivity contribution in [3.05, 3.63) is 135 Å². The predicted molar refractivity (Wildman–Crippen MR) is 295 cm³/mol. The number of carbonyl (C=O) groups is 6. The lowest BCUT2D eigenvalue weighted by Gasteiger charge is -2.35. The number of hydrogen-bond acceptors (Lipinski definition) is 14. The molecule has 5 N–H and O–H groups in total. The Labute approximate surface area is 466 Å². The third kappa shape index (κ3) is 12.6. The molecule has 23 heteroatoms. The van der Waals surface area contributed by atoms with Crippen molar-refractivity contribution in [1.82, 2.24) is 60.8 Å². The molecule has 1 unspecified atom stereocenters. The van der Waals surface area contributed by atoms with Crippen LogP contribution in [0.2, 0.25) is 5.02 Å². The minimum Gasteiger partial charge on any atom is -0.391 e. The van der Waals surface area contributed by atoms with Crippen molar-refractivity contribution >= 4 is 64.1 Å². The molecule has 6 amide bonds. The van der Waals surface area contributed by atoms with Crippen LogP contribution in [0.1, 0.15) is 90.2 Å². The maximum Gasteiger partial charge on any atom is 0.248 e. The second-order valence-electron chi connectivity index (χ2n) is 21.2. The zero-order chi connectivity index (χ0) is 56.3. The summed E-state index contributed by atoms with van der Waals surface area (Å²) in [4.78, 5) is 94.8. The second kappa shape index (κ2) is 23.7. The highest BCUT2D eigenvalue weighted by Crippen LogP contribution is 2.40. The highest BCUT2D eigenvalue weighted by molar-refractivity contribution is 7.15. The number of carbonyl (C=O) groups excluding carboxylic acids is 6. The van der Waals surface area contributed by atoms with Crippen LogP contribution in [0.15, 0.2) is 90.1 Å². The fourth-order valence-corrected chi connectivity index (χ4v) is 11.5. The minimum absolute atomic E-state index is 0.0145. The average Bonchev–Trinajstić information content (AvgIpc) is 4.40. The standard InChI is InChI=1S/C56H64ClN13O8S/c1-31-32(2)79-55-47(31)48(37-17-19-38(57)20-18-37)61-41(50-65-63-33(3)70(50)55)25-45(72)58-26-43-53(76)67(7)21-22-78-30-39-28-69(66-64-39)49(56(4,5)6)54(77)68-29-40(71)24-44(68)52(75)62-42(51(74)59-27-46(73)60-43)23-34-13-15-36(16-14-34)35-11-9-8-10-12-35/h8-20,28,40-44,49,71H,21-27,29-30H2,1-7H3,(H,58,72)(H,59,74)(H,60,73)(H,62,75)/t40-,41+,42-,43-,44+,49?/m1/s1. The molecule has 2 bridgehead atoms. The first-order valence-electron chi connectivity index (χ1n) is 26.1. The molecular weight excluding hydrogens is 1050 g/mol. The van der Waals surface area contributed by atoms with Crippen molar-refractivity contribution < 1.29 is 38.6 Å². The Morgan fingerprint density at radius 1 is 0.873 bits per heavy atom. The lowest BCUT2D eigenvalue weighted by molar-refractivity contribution is -0.144. The van der Waals surface area contributed by atoms with Crippen LogP contribution < -0.4 is 21.3 Å². The topological polar surface area (TPSA) is 260 Å².